The van der Waals surface area contributed by atoms with Gasteiger partial charge in [0.2, 0.25) is 0 Å². The highest BCUT2D eigenvalue weighted by atomic mass is 16.2. The fraction of sp³-hybridized carbons (Fsp3) is 0.227. The number of carbonyl (C=O) groups is 1. The summed E-state index contributed by atoms with van der Waals surface area (Å²) in [6.45, 7) is 4.32. The van der Waals surface area contributed by atoms with E-state index in [1.807, 2.05) is 23.1 Å². The number of benzene rings is 3. The number of nitrogens with zero attached hydrogens (tertiary/aromatic N) is 1. The lowest BCUT2D eigenvalue weighted by Crippen LogP contribution is -2.52. The van der Waals surface area contributed by atoms with Gasteiger partial charge in [0.1, 0.15) is 0 Å². The number of fused-ring (bicyclic) bond motifs is 1. The third kappa shape index (κ3) is 3.03. The van der Waals surface area contributed by atoms with Crippen LogP contribution in [0.25, 0.3) is 21.9 Å². The van der Waals surface area contributed by atoms with Gasteiger partial charge in [-0.05, 0) is 53.6 Å². The van der Waals surface area contributed by atoms with Gasteiger partial charge in [-0.25, -0.2) is 0 Å². The Morgan fingerprint density at radius 1 is 1.00 bits per heavy atom. The molecule has 126 valence electrons. The first-order chi connectivity index (χ1) is 12.1. The highest BCUT2D eigenvalue weighted by Gasteiger charge is 2.29. The maximum Gasteiger partial charge on any atom is 0.253 e. The lowest BCUT2D eigenvalue weighted by Gasteiger charge is -2.38. The minimum absolute atomic E-state index is 0.106. The van der Waals surface area contributed by atoms with Crippen LogP contribution in [0.1, 0.15) is 15.9 Å². The summed E-state index contributed by atoms with van der Waals surface area (Å²) in [6, 6.07) is 20.9. The quantitative estimate of drug-likeness (QED) is 0.793. The molecular weight excluding hydrogens is 308 g/mol. The van der Waals surface area contributed by atoms with E-state index in [2.05, 4.69) is 49.4 Å². The lowest BCUT2D eigenvalue weighted by atomic mass is 9.97. The number of likely N-dealkylation sites (tertiary alicyclic amines) is 1. The van der Waals surface area contributed by atoms with E-state index in [0.717, 1.165) is 29.4 Å². The Balaban J connectivity index is 1.62. The molecule has 1 saturated heterocycles. The SMILES string of the molecule is Cc1cccc(-c2ccc3cc(C(=O)N4CC(CN)C4)ccc3c2)c1. The van der Waals surface area contributed by atoms with Gasteiger partial charge in [-0.2, -0.15) is 0 Å². The van der Waals surface area contributed by atoms with Crippen molar-refractivity contribution in [3.63, 3.8) is 0 Å². The summed E-state index contributed by atoms with van der Waals surface area (Å²) >= 11 is 0. The van der Waals surface area contributed by atoms with Crippen LogP contribution >= 0.6 is 0 Å². The molecule has 0 aliphatic carbocycles. The van der Waals surface area contributed by atoms with E-state index >= 15 is 0 Å². The van der Waals surface area contributed by atoms with Crippen molar-refractivity contribution in [2.75, 3.05) is 19.6 Å². The predicted octanol–water partition coefficient (Wildman–Crippen LogP) is 3.85. The van der Waals surface area contributed by atoms with Crippen LogP contribution in [0.15, 0.2) is 60.7 Å². The second kappa shape index (κ2) is 6.34. The van der Waals surface area contributed by atoms with Gasteiger partial charge in [-0.3, -0.25) is 4.79 Å². The summed E-state index contributed by atoms with van der Waals surface area (Å²) in [7, 11) is 0. The topological polar surface area (TPSA) is 46.3 Å². The Bertz CT molecular complexity index is 942. The summed E-state index contributed by atoms with van der Waals surface area (Å²) in [4.78, 5) is 14.4. The average molecular weight is 330 g/mol. The molecule has 1 amide bonds. The van der Waals surface area contributed by atoms with E-state index in [9.17, 15) is 4.79 Å². The molecule has 2 N–H and O–H groups in total. The minimum Gasteiger partial charge on any atom is -0.338 e. The Morgan fingerprint density at radius 2 is 1.72 bits per heavy atom. The number of rotatable bonds is 3. The summed E-state index contributed by atoms with van der Waals surface area (Å²) in [6.07, 6.45) is 0. The smallest absolute Gasteiger partial charge is 0.253 e. The van der Waals surface area contributed by atoms with Gasteiger partial charge in [0.25, 0.3) is 5.91 Å². The van der Waals surface area contributed by atoms with E-state index in [0.29, 0.717) is 12.5 Å². The van der Waals surface area contributed by atoms with Gasteiger partial charge in [0.15, 0.2) is 0 Å². The van der Waals surface area contributed by atoms with Gasteiger partial charge in [0.05, 0.1) is 0 Å². The van der Waals surface area contributed by atoms with Crippen molar-refractivity contribution >= 4 is 16.7 Å². The van der Waals surface area contributed by atoms with E-state index in [1.165, 1.54) is 16.7 Å². The Kier molecular flexibility index (Phi) is 4.02. The number of carbonyl (C=O) groups excluding carboxylic acids is 1. The van der Waals surface area contributed by atoms with Crippen LogP contribution < -0.4 is 5.73 Å². The first kappa shape index (κ1) is 15.9. The molecule has 3 nitrogen and oxygen atoms in total. The normalized spacial score (nSPS) is 14.6. The van der Waals surface area contributed by atoms with Crippen LogP contribution in [0.3, 0.4) is 0 Å². The first-order valence-electron chi connectivity index (χ1n) is 8.74. The molecular formula is C22H22N2O. The Hall–Kier alpha value is -2.65. The molecule has 0 bridgehead atoms. The van der Waals surface area contributed by atoms with Crippen molar-refractivity contribution in [1.82, 2.24) is 4.90 Å². The van der Waals surface area contributed by atoms with Gasteiger partial charge < -0.3 is 10.6 Å². The molecule has 3 aromatic rings. The molecule has 1 aliphatic rings. The number of amides is 1. The standard InChI is InChI=1S/C22H22N2O/c1-15-3-2-4-17(9-15)18-5-6-20-11-21(8-7-19(20)10-18)22(25)24-13-16(12-23)14-24/h2-11,16H,12-14,23H2,1H3. The largest absolute Gasteiger partial charge is 0.338 e. The van der Waals surface area contributed by atoms with Gasteiger partial charge in [0, 0.05) is 24.6 Å². The van der Waals surface area contributed by atoms with E-state index in [1.54, 1.807) is 0 Å². The zero-order valence-corrected chi connectivity index (χ0v) is 14.4. The Morgan fingerprint density at radius 3 is 2.48 bits per heavy atom. The van der Waals surface area contributed by atoms with Gasteiger partial charge in [-0.15, -0.1) is 0 Å². The third-order valence-corrected chi connectivity index (χ3v) is 5.02. The fourth-order valence-electron chi connectivity index (χ4n) is 3.45. The average Bonchev–Trinajstić information content (AvgIpc) is 2.60. The first-order valence-corrected chi connectivity index (χ1v) is 8.74. The third-order valence-electron chi connectivity index (χ3n) is 5.02. The molecule has 0 aromatic heterocycles. The second-order valence-corrected chi connectivity index (χ2v) is 6.96. The number of hydrogen-bond acceptors (Lipinski definition) is 2. The van der Waals surface area contributed by atoms with Gasteiger partial charge >= 0.3 is 0 Å². The Labute approximate surface area is 148 Å². The van der Waals surface area contributed by atoms with Crippen molar-refractivity contribution < 1.29 is 4.79 Å². The molecule has 0 unspecified atom stereocenters. The van der Waals surface area contributed by atoms with Crippen LogP contribution in [-0.2, 0) is 0 Å². The van der Waals surface area contributed by atoms with Crippen LogP contribution in [-0.4, -0.2) is 30.4 Å². The molecule has 1 aliphatic heterocycles. The summed E-state index contributed by atoms with van der Waals surface area (Å²) in [5.41, 5.74) is 10.1. The van der Waals surface area contributed by atoms with Crippen LogP contribution in [0.2, 0.25) is 0 Å². The molecule has 1 fully saturated rings. The molecule has 0 atom stereocenters. The van der Waals surface area contributed by atoms with E-state index in [4.69, 9.17) is 5.73 Å². The van der Waals surface area contributed by atoms with Crippen LogP contribution in [0, 0.1) is 12.8 Å². The van der Waals surface area contributed by atoms with Crippen molar-refractivity contribution in [1.29, 1.82) is 0 Å². The zero-order chi connectivity index (χ0) is 17.4. The van der Waals surface area contributed by atoms with E-state index < -0.39 is 0 Å². The summed E-state index contributed by atoms with van der Waals surface area (Å²) < 4.78 is 0. The number of aryl methyl sites for hydroxylation is 1. The predicted molar refractivity (Wildman–Crippen MR) is 103 cm³/mol. The molecule has 3 heteroatoms. The maximum absolute atomic E-state index is 12.5. The van der Waals surface area contributed by atoms with Crippen molar-refractivity contribution in [3.05, 3.63) is 71.8 Å². The van der Waals surface area contributed by atoms with Crippen molar-refractivity contribution in [2.24, 2.45) is 11.7 Å². The highest BCUT2D eigenvalue weighted by Crippen LogP contribution is 2.27. The highest BCUT2D eigenvalue weighted by molar-refractivity contribution is 5.99. The van der Waals surface area contributed by atoms with E-state index in [-0.39, 0.29) is 5.91 Å². The number of nitrogens with two attached hydrogens (primary N) is 1. The maximum atomic E-state index is 12.5. The molecule has 4 rings (SSSR count). The van der Waals surface area contributed by atoms with Crippen molar-refractivity contribution in [3.8, 4) is 11.1 Å². The summed E-state index contributed by atoms with van der Waals surface area (Å²) in [5, 5.41) is 2.25. The second-order valence-electron chi connectivity index (χ2n) is 6.96. The molecule has 0 radical (unpaired) electrons. The molecule has 0 saturated carbocycles. The van der Waals surface area contributed by atoms with Crippen molar-refractivity contribution in [2.45, 2.75) is 6.92 Å². The molecule has 0 spiro atoms. The minimum atomic E-state index is 0.106. The molecule has 3 aromatic carbocycles. The zero-order valence-electron chi connectivity index (χ0n) is 14.4. The van der Waals surface area contributed by atoms with Crippen LogP contribution in [0.5, 0.6) is 0 Å². The summed E-state index contributed by atoms with van der Waals surface area (Å²) in [5.74, 6) is 0.565. The lowest BCUT2D eigenvalue weighted by molar-refractivity contribution is 0.0515. The van der Waals surface area contributed by atoms with Crippen LogP contribution in [0.4, 0.5) is 0 Å². The fourth-order valence-corrected chi connectivity index (χ4v) is 3.45. The monoisotopic (exact) mass is 330 g/mol. The number of hydrogen-bond donors (Lipinski definition) is 1. The molecule has 1 heterocycles. The van der Waals surface area contributed by atoms with Gasteiger partial charge in [-0.1, -0.05) is 48.0 Å². The molecule has 25 heavy (non-hydrogen) atoms.